The van der Waals surface area contributed by atoms with Crippen LogP contribution in [0.4, 0.5) is 0 Å². The summed E-state index contributed by atoms with van der Waals surface area (Å²) >= 11 is 12.0. The summed E-state index contributed by atoms with van der Waals surface area (Å²) in [6.45, 7) is 1.94. The number of imidazole rings is 1. The topological polar surface area (TPSA) is 30.2 Å². The third-order valence-corrected chi connectivity index (χ3v) is 3.46. The lowest BCUT2D eigenvalue weighted by atomic mass is 10.1. The zero-order chi connectivity index (χ0) is 12.7. The number of fused-ring (bicyclic) bond motifs is 1. The van der Waals surface area contributed by atoms with Gasteiger partial charge in [-0.1, -0.05) is 29.3 Å². The van der Waals surface area contributed by atoms with Crippen LogP contribution in [-0.2, 0) is 0 Å². The molecule has 0 aliphatic carbocycles. The third kappa shape index (κ3) is 1.85. The van der Waals surface area contributed by atoms with E-state index in [1.54, 1.807) is 12.3 Å². The van der Waals surface area contributed by atoms with Gasteiger partial charge in [0.05, 0.1) is 15.7 Å². The fourth-order valence-electron chi connectivity index (χ4n) is 1.90. The van der Waals surface area contributed by atoms with Crippen molar-refractivity contribution in [2.45, 2.75) is 6.92 Å². The highest BCUT2D eigenvalue weighted by atomic mass is 35.5. The Kier molecular flexibility index (Phi) is 2.73. The Morgan fingerprint density at radius 3 is 2.72 bits per heavy atom. The highest BCUT2D eigenvalue weighted by Gasteiger charge is 2.08. The van der Waals surface area contributed by atoms with Crippen LogP contribution in [0.1, 0.15) is 5.69 Å². The van der Waals surface area contributed by atoms with Crippen LogP contribution in [0.25, 0.3) is 17.0 Å². The molecule has 0 bridgehead atoms. The number of aryl methyl sites for hydroxylation is 1. The molecule has 5 heteroatoms. The fraction of sp³-hybridized carbons (Fsp3) is 0.0769. The predicted molar refractivity (Wildman–Crippen MR) is 73.2 cm³/mol. The Bertz CT molecular complexity index is 734. The van der Waals surface area contributed by atoms with Gasteiger partial charge in [-0.25, -0.2) is 9.97 Å². The molecule has 3 aromatic rings. The molecule has 0 fully saturated rings. The summed E-state index contributed by atoms with van der Waals surface area (Å²) in [5.74, 6) is 0.677. The molecule has 0 radical (unpaired) electrons. The normalized spacial score (nSPS) is 11.1. The van der Waals surface area contributed by atoms with E-state index in [0.717, 1.165) is 17.0 Å². The number of halogens is 2. The zero-order valence-electron chi connectivity index (χ0n) is 9.56. The van der Waals surface area contributed by atoms with Crippen molar-refractivity contribution in [1.29, 1.82) is 0 Å². The van der Waals surface area contributed by atoms with Crippen molar-refractivity contribution >= 4 is 29.0 Å². The summed E-state index contributed by atoms with van der Waals surface area (Å²) < 4.78 is 1.92. The van der Waals surface area contributed by atoms with E-state index in [9.17, 15) is 0 Å². The number of nitrogens with zero attached hydrogens (tertiary/aromatic N) is 3. The van der Waals surface area contributed by atoms with Crippen LogP contribution >= 0.6 is 23.2 Å². The number of benzene rings is 1. The standard InChI is InChI=1S/C13H9Cl2N3/c1-8-6-12(18-5-4-16-13(18)17-8)9-2-3-10(14)11(15)7-9/h2-7H,1H3. The number of hydrogen-bond donors (Lipinski definition) is 0. The molecule has 2 aromatic heterocycles. The van der Waals surface area contributed by atoms with Gasteiger partial charge >= 0.3 is 0 Å². The first-order valence-electron chi connectivity index (χ1n) is 5.41. The van der Waals surface area contributed by atoms with Crippen molar-refractivity contribution in [1.82, 2.24) is 14.4 Å². The second-order valence-electron chi connectivity index (χ2n) is 4.01. The smallest absolute Gasteiger partial charge is 0.234 e. The molecular weight excluding hydrogens is 269 g/mol. The first kappa shape index (κ1) is 11.5. The lowest BCUT2D eigenvalue weighted by Gasteiger charge is -2.07. The molecule has 90 valence electrons. The monoisotopic (exact) mass is 277 g/mol. The zero-order valence-corrected chi connectivity index (χ0v) is 11.1. The quantitative estimate of drug-likeness (QED) is 0.673. The van der Waals surface area contributed by atoms with Crippen molar-refractivity contribution in [3.8, 4) is 11.3 Å². The lowest BCUT2D eigenvalue weighted by Crippen LogP contribution is -1.96. The predicted octanol–water partition coefficient (Wildman–Crippen LogP) is 4.01. The van der Waals surface area contributed by atoms with Gasteiger partial charge in [-0.15, -0.1) is 0 Å². The number of hydrogen-bond acceptors (Lipinski definition) is 2. The average molecular weight is 278 g/mol. The van der Waals surface area contributed by atoms with Crippen LogP contribution in [0.3, 0.4) is 0 Å². The second kappa shape index (κ2) is 4.26. The molecule has 0 aliphatic rings. The van der Waals surface area contributed by atoms with Crippen LogP contribution in [0, 0.1) is 6.92 Å². The van der Waals surface area contributed by atoms with E-state index in [1.807, 2.05) is 35.7 Å². The van der Waals surface area contributed by atoms with E-state index in [4.69, 9.17) is 23.2 Å². The minimum Gasteiger partial charge on any atom is -0.284 e. The van der Waals surface area contributed by atoms with Crippen molar-refractivity contribution in [2.75, 3.05) is 0 Å². The van der Waals surface area contributed by atoms with Gasteiger partial charge in [0.25, 0.3) is 0 Å². The highest BCUT2D eigenvalue weighted by Crippen LogP contribution is 2.28. The minimum absolute atomic E-state index is 0.539. The molecule has 0 atom stereocenters. The number of rotatable bonds is 1. The first-order chi connectivity index (χ1) is 8.65. The lowest BCUT2D eigenvalue weighted by molar-refractivity contribution is 1.08. The molecule has 0 N–H and O–H groups in total. The molecule has 18 heavy (non-hydrogen) atoms. The Labute approximate surface area is 114 Å². The Morgan fingerprint density at radius 1 is 1.11 bits per heavy atom. The summed E-state index contributed by atoms with van der Waals surface area (Å²) in [7, 11) is 0. The molecule has 0 amide bonds. The fourth-order valence-corrected chi connectivity index (χ4v) is 2.20. The van der Waals surface area contributed by atoms with E-state index in [0.29, 0.717) is 15.8 Å². The van der Waals surface area contributed by atoms with E-state index in [-0.39, 0.29) is 0 Å². The van der Waals surface area contributed by atoms with Crippen LogP contribution in [-0.4, -0.2) is 14.4 Å². The van der Waals surface area contributed by atoms with Crippen LogP contribution < -0.4 is 0 Å². The van der Waals surface area contributed by atoms with Crippen molar-refractivity contribution in [3.05, 3.63) is 52.4 Å². The molecule has 2 heterocycles. The van der Waals surface area contributed by atoms with Gasteiger partial charge in [0.15, 0.2) is 0 Å². The summed E-state index contributed by atoms with van der Waals surface area (Å²) in [4.78, 5) is 8.55. The minimum atomic E-state index is 0.539. The molecule has 3 rings (SSSR count). The SMILES string of the molecule is Cc1cc(-c2ccc(Cl)c(Cl)c2)n2ccnc2n1. The van der Waals surface area contributed by atoms with E-state index in [2.05, 4.69) is 9.97 Å². The van der Waals surface area contributed by atoms with Gasteiger partial charge in [-0.2, -0.15) is 0 Å². The van der Waals surface area contributed by atoms with Gasteiger partial charge in [-0.3, -0.25) is 4.40 Å². The maximum Gasteiger partial charge on any atom is 0.234 e. The average Bonchev–Trinajstić information content (AvgIpc) is 2.79. The Hall–Kier alpha value is -1.58. The summed E-state index contributed by atoms with van der Waals surface area (Å²) in [5.41, 5.74) is 2.89. The molecule has 0 saturated heterocycles. The van der Waals surface area contributed by atoms with Gasteiger partial charge in [-0.05, 0) is 25.1 Å². The summed E-state index contributed by atoms with van der Waals surface area (Å²) in [5, 5.41) is 1.09. The summed E-state index contributed by atoms with van der Waals surface area (Å²) in [6, 6.07) is 7.56. The second-order valence-corrected chi connectivity index (χ2v) is 4.82. The van der Waals surface area contributed by atoms with Crippen LogP contribution in [0.2, 0.25) is 10.0 Å². The maximum absolute atomic E-state index is 6.06. The maximum atomic E-state index is 6.06. The van der Waals surface area contributed by atoms with Crippen molar-refractivity contribution in [3.63, 3.8) is 0 Å². The van der Waals surface area contributed by atoms with Gasteiger partial charge in [0.1, 0.15) is 0 Å². The van der Waals surface area contributed by atoms with E-state index < -0.39 is 0 Å². The molecule has 1 aromatic carbocycles. The van der Waals surface area contributed by atoms with Gasteiger partial charge in [0.2, 0.25) is 5.78 Å². The molecular formula is C13H9Cl2N3. The number of aromatic nitrogens is 3. The highest BCUT2D eigenvalue weighted by molar-refractivity contribution is 6.42. The Morgan fingerprint density at radius 2 is 1.94 bits per heavy atom. The first-order valence-corrected chi connectivity index (χ1v) is 6.17. The van der Waals surface area contributed by atoms with E-state index in [1.165, 1.54) is 0 Å². The van der Waals surface area contributed by atoms with Crippen LogP contribution in [0.5, 0.6) is 0 Å². The third-order valence-electron chi connectivity index (χ3n) is 2.72. The molecule has 0 spiro atoms. The van der Waals surface area contributed by atoms with Crippen molar-refractivity contribution < 1.29 is 0 Å². The van der Waals surface area contributed by atoms with Gasteiger partial charge in [0, 0.05) is 23.7 Å². The van der Waals surface area contributed by atoms with Crippen molar-refractivity contribution in [2.24, 2.45) is 0 Å². The molecule has 0 saturated carbocycles. The largest absolute Gasteiger partial charge is 0.284 e. The molecule has 0 unspecified atom stereocenters. The van der Waals surface area contributed by atoms with Gasteiger partial charge < -0.3 is 0 Å². The molecule has 0 aliphatic heterocycles. The Balaban J connectivity index is 2.30. The molecule has 3 nitrogen and oxygen atoms in total. The summed E-state index contributed by atoms with van der Waals surface area (Å²) in [6.07, 6.45) is 3.60. The van der Waals surface area contributed by atoms with Crippen LogP contribution in [0.15, 0.2) is 36.7 Å². The van der Waals surface area contributed by atoms with E-state index >= 15 is 0 Å².